The van der Waals surface area contributed by atoms with E-state index in [1.165, 1.54) is 17.7 Å². The Labute approximate surface area is 103 Å². The molecule has 1 N–H and O–H groups in total. The highest BCUT2D eigenvalue weighted by molar-refractivity contribution is 5.31. The van der Waals surface area contributed by atoms with Gasteiger partial charge in [-0.05, 0) is 43.2 Å². The van der Waals surface area contributed by atoms with Crippen molar-refractivity contribution in [3.63, 3.8) is 0 Å². The molecule has 3 atom stereocenters. The Hall–Kier alpha value is -0.890. The van der Waals surface area contributed by atoms with Crippen LogP contribution < -0.4 is 0 Å². The summed E-state index contributed by atoms with van der Waals surface area (Å²) in [5, 5.41) is 10.9. The standard InChI is InChI=1S/C15H21NO/c1-11-4-2-8-15(17,10-11)13-7-6-12-5-3-9-16-14(12)13/h3,5,9,11,13,17H,2,4,6-8,10H2,1H3. The van der Waals surface area contributed by atoms with E-state index in [1.54, 1.807) is 0 Å². The number of aromatic nitrogens is 1. The van der Waals surface area contributed by atoms with Gasteiger partial charge in [0.05, 0.1) is 5.60 Å². The van der Waals surface area contributed by atoms with Crippen molar-refractivity contribution in [3.05, 3.63) is 29.6 Å². The van der Waals surface area contributed by atoms with E-state index in [0.29, 0.717) is 5.92 Å². The summed E-state index contributed by atoms with van der Waals surface area (Å²) in [5.74, 6) is 0.933. The molecule has 0 aliphatic heterocycles. The molecule has 92 valence electrons. The zero-order valence-corrected chi connectivity index (χ0v) is 10.5. The Morgan fingerprint density at radius 1 is 1.41 bits per heavy atom. The first kappa shape index (κ1) is 11.2. The van der Waals surface area contributed by atoms with Crippen LogP contribution in [0.3, 0.4) is 0 Å². The summed E-state index contributed by atoms with van der Waals surface area (Å²) in [5.41, 5.74) is 2.03. The van der Waals surface area contributed by atoms with Crippen molar-refractivity contribution in [3.8, 4) is 0 Å². The molecule has 0 aromatic carbocycles. The second-order valence-electron chi connectivity index (χ2n) is 5.94. The minimum absolute atomic E-state index is 0.279. The highest BCUT2D eigenvalue weighted by atomic mass is 16.3. The van der Waals surface area contributed by atoms with Gasteiger partial charge in [0.2, 0.25) is 0 Å². The molecular weight excluding hydrogens is 210 g/mol. The summed E-state index contributed by atoms with van der Waals surface area (Å²) < 4.78 is 0. The summed E-state index contributed by atoms with van der Waals surface area (Å²) in [6.07, 6.45) is 8.37. The molecule has 1 aromatic heterocycles. The lowest BCUT2D eigenvalue weighted by Gasteiger charge is -2.40. The molecule has 2 heteroatoms. The van der Waals surface area contributed by atoms with E-state index in [0.717, 1.165) is 32.1 Å². The lowest BCUT2D eigenvalue weighted by molar-refractivity contribution is -0.0374. The van der Waals surface area contributed by atoms with Gasteiger partial charge in [0.15, 0.2) is 0 Å². The number of aliphatic hydroxyl groups is 1. The highest BCUT2D eigenvalue weighted by Crippen LogP contribution is 2.47. The average molecular weight is 231 g/mol. The number of fused-ring (bicyclic) bond motifs is 1. The highest BCUT2D eigenvalue weighted by Gasteiger charge is 2.44. The summed E-state index contributed by atoms with van der Waals surface area (Å²) in [4.78, 5) is 4.53. The summed E-state index contributed by atoms with van der Waals surface area (Å²) in [6.45, 7) is 2.26. The lowest BCUT2D eigenvalue weighted by atomic mass is 9.71. The molecule has 1 heterocycles. The minimum atomic E-state index is -0.489. The van der Waals surface area contributed by atoms with Crippen molar-refractivity contribution in [2.75, 3.05) is 0 Å². The number of hydrogen-bond donors (Lipinski definition) is 1. The van der Waals surface area contributed by atoms with Crippen molar-refractivity contribution in [1.29, 1.82) is 0 Å². The number of aryl methyl sites for hydroxylation is 1. The summed E-state index contributed by atoms with van der Waals surface area (Å²) in [7, 11) is 0. The molecule has 2 aliphatic rings. The van der Waals surface area contributed by atoms with Crippen LogP contribution >= 0.6 is 0 Å². The van der Waals surface area contributed by atoms with Crippen LogP contribution in [0.2, 0.25) is 0 Å². The fourth-order valence-electron chi connectivity index (χ4n) is 3.82. The third-order valence-electron chi connectivity index (χ3n) is 4.62. The predicted octanol–water partition coefficient (Wildman–Crippen LogP) is 3.05. The maximum Gasteiger partial charge on any atom is 0.0733 e. The predicted molar refractivity (Wildman–Crippen MR) is 67.9 cm³/mol. The Kier molecular flexibility index (Phi) is 2.70. The van der Waals surface area contributed by atoms with Crippen LogP contribution in [0.4, 0.5) is 0 Å². The molecule has 2 aliphatic carbocycles. The first-order valence-corrected chi connectivity index (χ1v) is 6.85. The molecule has 0 spiro atoms. The average Bonchev–Trinajstić information content (AvgIpc) is 2.72. The van der Waals surface area contributed by atoms with Crippen LogP contribution in [-0.2, 0) is 6.42 Å². The van der Waals surface area contributed by atoms with Gasteiger partial charge in [0, 0.05) is 17.8 Å². The first-order valence-electron chi connectivity index (χ1n) is 6.85. The number of rotatable bonds is 1. The van der Waals surface area contributed by atoms with Gasteiger partial charge in [0.25, 0.3) is 0 Å². The Balaban J connectivity index is 1.90. The van der Waals surface area contributed by atoms with E-state index in [2.05, 4.69) is 18.0 Å². The quantitative estimate of drug-likeness (QED) is 0.806. The van der Waals surface area contributed by atoms with Crippen molar-refractivity contribution in [2.24, 2.45) is 5.92 Å². The van der Waals surface area contributed by atoms with Gasteiger partial charge in [-0.3, -0.25) is 4.98 Å². The Bertz CT molecular complexity index is 417. The fraction of sp³-hybridized carbons (Fsp3) is 0.667. The normalized spacial score (nSPS) is 36.8. The number of nitrogens with zero attached hydrogens (tertiary/aromatic N) is 1. The molecule has 1 aromatic rings. The van der Waals surface area contributed by atoms with Gasteiger partial charge in [-0.1, -0.05) is 25.8 Å². The minimum Gasteiger partial charge on any atom is -0.389 e. The van der Waals surface area contributed by atoms with E-state index < -0.39 is 5.60 Å². The molecule has 1 saturated carbocycles. The second kappa shape index (κ2) is 4.09. The summed E-state index contributed by atoms with van der Waals surface area (Å²) in [6, 6.07) is 4.17. The van der Waals surface area contributed by atoms with Crippen LogP contribution in [0.15, 0.2) is 18.3 Å². The number of hydrogen-bond acceptors (Lipinski definition) is 2. The summed E-state index contributed by atoms with van der Waals surface area (Å²) >= 11 is 0. The van der Waals surface area contributed by atoms with E-state index in [4.69, 9.17) is 0 Å². The largest absolute Gasteiger partial charge is 0.389 e. The van der Waals surface area contributed by atoms with Crippen LogP contribution in [0, 0.1) is 5.92 Å². The molecule has 17 heavy (non-hydrogen) atoms. The van der Waals surface area contributed by atoms with Crippen LogP contribution in [0.1, 0.15) is 56.2 Å². The third-order valence-corrected chi connectivity index (χ3v) is 4.62. The van der Waals surface area contributed by atoms with Crippen LogP contribution in [0.25, 0.3) is 0 Å². The van der Waals surface area contributed by atoms with Crippen molar-refractivity contribution >= 4 is 0 Å². The van der Waals surface area contributed by atoms with Crippen LogP contribution in [0.5, 0.6) is 0 Å². The van der Waals surface area contributed by atoms with Gasteiger partial charge in [0.1, 0.15) is 0 Å². The molecule has 0 bridgehead atoms. The van der Waals surface area contributed by atoms with Gasteiger partial charge < -0.3 is 5.11 Å². The zero-order valence-electron chi connectivity index (χ0n) is 10.5. The molecule has 0 saturated heterocycles. The number of pyridine rings is 1. The maximum absolute atomic E-state index is 10.9. The molecule has 3 unspecified atom stereocenters. The fourth-order valence-corrected chi connectivity index (χ4v) is 3.82. The van der Waals surface area contributed by atoms with Crippen molar-refractivity contribution in [1.82, 2.24) is 4.98 Å². The third kappa shape index (κ3) is 1.89. The first-order chi connectivity index (χ1) is 8.19. The second-order valence-corrected chi connectivity index (χ2v) is 5.94. The molecular formula is C15H21NO. The van der Waals surface area contributed by atoms with Crippen molar-refractivity contribution < 1.29 is 5.11 Å². The molecule has 3 rings (SSSR count). The van der Waals surface area contributed by atoms with Crippen molar-refractivity contribution in [2.45, 2.75) is 57.0 Å². The van der Waals surface area contributed by atoms with E-state index in [-0.39, 0.29) is 5.92 Å². The smallest absolute Gasteiger partial charge is 0.0733 e. The van der Waals surface area contributed by atoms with Gasteiger partial charge in [-0.25, -0.2) is 0 Å². The van der Waals surface area contributed by atoms with Gasteiger partial charge in [-0.15, -0.1) is 0 Å². The Morgan fingerprint density at radius 2 is 2.29 bits per heavy atom. The van der Waals surface area contributed by atoms with Gasteiger partial charge in [-0.2, -0.15) is 0 Å². The monoisotopic (exact) mass is 231 g/mol. The van der Waals surface area contributed by atoms with E-state index in [9.17, 15) is 5.11 Å². The van der Waals surface area contributed by atoms with Crippen LogP contribution in [-0.4, -0.2) is 15.7 Å². The zero-order chi connectivity index (χ0) is 11.9. The molecule has 0 amide bonds. The van der Waals surface area contributed by atoms with E-state index in [1.807, 2.05) is 12.3 Å². The van der Waals surface area contributed by atoms with Gasteiger partial charge >= 0.3 is 0 Å². The molecule has 0 radical (unpaired) electrons. The van der Waals surface area contributed by atoms with E-state index >= 15 is 0 Å². The molecule has 1 fully saturated rings. The Morgan fingerprint density at radius 3 is 3.12 bits per heavy atom. The lowest BCUT2D eigenvalue weighted by Crippen LogP contribution is -2.40. The molecule has 2 nitrogen and oxygen atoms in total. The SMILES string of the molecule is CC1CCCC(O)(C2CCc3cccnc32)C1. The maximum atomic E-state index is 10.9. The topological polar surface area (TPSA) is 33.1 Å².